The molecule has 0 spiro atoms. The lowest BCUT2D eigenvalue weighted by Crippen LogP contribution is -2.37. The van der Waals surface area contributed by atoms with E-state index < -0.39 is 30.0 Å². The number of aryl methyl sites for hydroxylation is 1. The molecule has 0 amide bonds. The molecule has 1 aliphatic rings. The maximum absolute atomic E-state index is 12.3. The van der Waals surface area contributed by atoms with Gasteiger partial charge in [0.15, 0.2) is 0 Å². The van der Waals surface area contributed by atoms with Crippen molar-refractivity contribution in [2.45, 2.75) is 31.0 Å². The molecule has 0 bridgehead atoms. The zero-order valence-corrected chi connectivity index (χ0v) is 14.1. The van der Waals surface area contributed by atoms with E-state index in [9.17, 15) is 14.9 Å². The third kappa shape index (κ3) is 3.25. The number of ether oxygens (including phenoxy) is 1. The Hall–Kier alpha value is -2.73. The number of rotatable bonds is 4. The molecule has 2 aromatic carbocycles. The molecule has 1 aliphatic heterocycles. The Bertz CT molecular complexity index is 761. The second-order valence-corrected chi connectivity index (χ2v) is 6.27. The van der Waals surface area contributed by atoms with Gasteiger partial charge in [0.05, 0.1) is 13.0 Å². The van der Waals surface area contributed by atoms with E-state index >= 15 is 0 Å². The Morgan fingerprint density at radius 1 is 1.08 bits per heavy atom. The number of nitrogens with zero attached hydrogens (tertiary/aromatic N) is 1. The first-order valence-electron chi connectivity index (χ1n) is 8.12. The zero-order valence-electron chi connectivity index (χ0n) is 14.1. The fourth-order valence-corrected chi connectivity index (χ4v) is 3.53. The summed E-state index contributed by atoms with van der Waals surface area (Å²) >= 11 is 0. The maximum Gasteiger partial charge on any atom is 0.323 e. The van der Waals surface area contributed by atoms with Gasteiger partial charge in [-0.05, 0) is 18.1 Å². The number of esters is 1. The number of benzene rings is 2. The average molecular weight is 340 g/mol. The summed E-state index contributed by atoms with van der Waals surface area (Å²) in [6.07, 6.45) is 0. The second kappa shape index (κ2) is 7.03. The van der Waals surface area contributed by atoms with Crippen molar-refractivity contribution in [1.82, 2.24) is 5.32 Å². The van der Waals surface area contributed by atoms with Crippen molar-refractivity contribution in [2.24, 2.45) is 0 Å². The summed E-state index contributed by atoms with van der Waals surface area (Å²) in [6.45, 7) is 1.96. The summed E-state index contributed by atoms with van der Waals surface area (Å²) in [7, 11) is 1.30. The van der Waals surface area contributed by atoms with Crippen LogP contribution >= 0.6 is 0 Å². The first kappa shape index (κ1) is 17.1. The number of hydrogen-bond donors (Lipinski definition) is 1. The number of methoxy groups -OCH3 is 1. The second-order valence-electron chi connectivity index (χ2n) is 6.27. The summed E-state index contributed by atoms with van der Waals surface area (Å²) in [5.41, 5.74) is 2.62. The lowest BCUT2D eigenvalue weighted by Gasteiger charge is -2.19. The van der Waals surface area contributed by atoms with E-state index in [1.54, 1.807) is 0 Å². The molecule has 1 N–H and O–H groups in total. The predicted octanol–water partition coefficient (Wildman–Crippen LogP) is 2.61. The van der Waals surface area contributed by atoms with E-state index in [0.29, 0.717) is 0 Å². The van der Waals surface area contributed by atoms with Crippen LogP contribution in [-0.4, -0.2) is 30.1 Å². The van der Waals surface area contributed by atoms with E-state index in [2.05, 4.69) is 5.32 Å². The van der Waals surface area contributed by atoms with Gasteiger partial charge in [0.25, 0.3) is 0 Å². The van der Waals surface area contributed by atoms with Gasteiger partial charge >= 0.3 is 5.97 Å². The van der Waals surface area contributed by atoms with Crippen LogP contribution in [0.3, 0.4) is 0 Å². The van der Waals surface area contributed by atoms with Crippen molar-refractivity contribution < 1.29 is 14.5 Å². The van der Waals surface area contributed by atoms with E-state index in [1.807, 2.05) is 61.5 Å². The minimum atomic E-state index is -0.964. The zero-order chi connectivity index (χ0) is 18.0. The van der Waals surface area contributed by atoms with Crippen LogP contribution in [0, 0.1) is 17.0 Å². The maximum atomic E-state index is 12.3. The molecular weight excluding hydrogens is 320 g/mol. The highest BCUT2D eigenvalue weighted by Gasteiger charge is 2.54. The van der Waals surface area contributed by atoms with Gasteiger partial charge in [-0.15, -0.1) is 0 Å². The number of carbonyl (C=O) groups excluding carboxylic acids is 1. The van der Waals surface area contributed by atoms with Crippen LogP contribution in [0.15, 0.2) is 54.6 Å². The largest absolute Gasteiger partial charge is 0.468 e. The van der Waals surface area contributed by atoms with E-state index in [4.69, 9.17) is 4.74 Å². The SMILES string of the molecule is COC(=O)[C@H]1N[C@@H](c2ccc(C)cc2)[C@@H]([N+](=O)[O-])[C@@H]1c1ccccc1. The van der Waals surface area contributed by atoms with Crippen LogP contribution in [0.5, 0.6) is 0 Å². The van der Waals surface area contributed by atoms with Crippen molar-refractivity contribution in [3.63, 3.8) is 0 Å². The minimum absolute atomic E-state index is 0.294. The highest BCUT2D eigenvalue weighted by molar-refractivity contribution is 5.78. The van der Waals surface area contributed by atoms with Gasteiger partial charge in [-0.2, -0.15) is 0 Å². The number of carbonyl (C=O) groups is 1. The average Bonchev–Trinajstić information content (AvgIpc) is 3.03. The Labute approximate surface area is 146 Å². The Balaban J connectivity index is 2.07. The van der Waals surface area contributed by atoms with Crippen molar-refractivity contribution >= 4 is 5.97 Å². The van der Waals surface area contributed by atoms with Crippen LogP contribution < -0.4 is 5.32 Å². The van der Waals surface area contributed by atoms with Gasteiger partial charge in [-0.3, -0.25) is 20.2 Å². The lowest BCUT2D eigenvalue weighted by molar-refractivity contribution is -0.527. The first-order chi connectivity index (χ1) is 12.0. The molecule has 6 heteroatoms. The van der Waals surface area contributed by atoms with E-state index in [0.717, 1.165) is 16.7 Å². The Kier molecular flexibility index (Phi) is 4.81. The van der Waals surface area contributed by atoms with Crippen LogP contribution in [0.1, 0.15) is 28.7 Å². The fourth-order valence-electron chi connectivity index (χ4n) is 3.53. The smallest absolute Gasteiger partial charge is 0.323 e. The topological polar surface area (TPSA) is 81.5 Å². The Morgan fingerprint density at radius 3 is 2.28 bits per heavy atom. The van der Waals surface area contributed by atoms with Gasteiger partial charge in [0.1, 0.15) is 12.1 Å². The van der Waals surface area contributed by atoms with Crippen molar-refractivity contribution in [3.8, 4) is 0 Å². The molecule has 0 aliphatic carbocycles. The molecule has 6 nitrogen and oxygen atoms in total. The molecule has 0 aromatic heterocycles. The summed E-state index contributed by atoms with van der Waals surface area (Å²) in [5.74, 6) is -1.09. The normalized spacial score (nSPS) is 25.5. The van der Waals surface area contributed by atoms with E-state index in [-0.39, 0.29) is 4.92 Å². The molecule has 25 heavy (non-hydrogen) atoms. The highest BCUT2D eigenvalue weighted by atomic mass is 16.6. The molecule has 2 aromatic rings. The molecule has 0 radical (unpaired) electrons. The van der Waals surface area contributed by atoms with Gasteiger partial charge in [-0.25, -0.2) is 0 Å². The summed E-state index contributed by atoms with van der Waals surface area (Å²) in [5, 5.41) is 15.0. The molecule has 130 valence electrons. The summed E-state index contributed by atoms with van der Waals surface area (Å²) in [6, 6.07) is 14.4. The van der Waals surface area contributed by atoms with Crippen LogP contribution in [0.25, 0.3) is 0 Å². The number of nitrogens with one attached hydrogen (secondary N) is 1. The number of nitro groups is 1. The summed E-state index contributed by atoms with van der Waals surface area (Å²) < 4.78 is 4.89. The van der Waals surface area contributed by atoms with Gasteiger partial charge < -0.3 is 4.74 Å². The van der Waals surface area contributed by atoms with Crippen molar-refractivity contribution in [2.75, 3.05) is 7.11 Å². The molecular formula is C19H20N2O4. The van der Waals surface area contributed by atoms with Gasteiger partial charge in [-0.1, -0.05) is 60.2 Å². The molecule has 3 rings (SSSR count). The molecule has 4 atom stereocenters. The molecule has 1 fully saturated rings. The highest BCUT2D eigenvalue weighted by Crippen LogP contribution is 2.40. The van der Waals surface area contributed by atoms with Gasteiger partial charge in [0.2, 0.25) is 6.04 Å². The molecule has 0 unspecified atom stereocenters. The van der Waals surface area contributed by atoms with Crippen molar-refractivity contribution in [1.29, 1.82) is 0 Å². The van der Waals surface area contributed by atoms with Gasteiger partial charge in [0, 0.05) is 4.92 Å². The molecule has 1 heterocycles. The summed E-state index contributed by atoms with van der Waals surface area (Å²) in [4.78, 5) is 23.9. The van der Waals surface area contributed by atoms with Crippen LogP contribution in [0.4, 0.5) is 0 Å². The molecule has 0 saturated carbocycles. The van der Waals surface area contributed by atoms with Crippen LogP contribution in [-0.2, 0) is 9.53 Å². The quantitative estimate of drug-likeness (QED) is 0.526. The van der Waals surface area contributed by atoms with Crippen LogP contribution in [0.2, 0.25) is 0 Å². The van der Waals surface area contributed by atoms with E-state index in [1.165, 1.54) is 7.11 Å². The first-order valence-corrected chi connectivity index (χ1v) is 8.12. The predicted molar refractivity (Wildman–Crippen MR) is 92.8 cm³/mol. The Morgan fingerprint density at radius 2 is 1.72 bits per heavy atom. The van der Waals surface area contributed by atoms with Crippen molar-refractivity contribution in [3.05, 3.63) is 81.4 Å². The third-order valence-corrected chi connectivity index (χ3v) is 4.75. The molecule has 1 saturated heterocycles. The third-order valence-electron chi connectivity index (χ3n) is 4.75. The monoisotopic (exact) mass is 340 g/mol. The standard InChI is InChI=1S/C19H20N2O4/c1-12-8-10-14(11-9-12)16-18(21(23)24)15(13-6-4-3-5-7-13)17(20-16)19(22)25-2/h3-11,15-18,20H,1-2H3/t15-,16+,17+,18+/m1/s1. The number of hydrogen-bond acceptors (Lipinski definition) is 5. The fraction of sp³-hybridized carbons (Fsp3) is 0.316. The minimum Gasteiger partial charge on any atom is -0.468 e. The lowest BCUT2D eigenvalue weighted by atomic mass is 9.85.